The van der Waals surface area contributed by atoms with Crippen molar-refractivity contribution in [2.45, 2.75) is 30.6 Å². The monoisotopic (exact) mass is 290 g/mol. The van der Waals surface area contributed by atoms with Crippen molar-refractivity contribution in [3.8, 4) is 0 Å². The Balaban J connectivity index is 2.15. The van der Waals surface area contributed by atoms with Crippen LogP contribution in [0.4, 0.5) is 11.4 Å². The van der Waals surface area contributed by atoms with Crippen LogP contribution in [0, 0.1) is 0 Å². The Morgan fingerprint density at radius 2 is 2.00 bits per heavy atom. The van der Waals surface area contributed by atoms with Crippen molar-refractivity contribution in [1.29, 1.82) is 0 Å². The molecule has 0 amide bonds. The molecule has 0 spiro atoms. The highest BCUT2D eigenvalue weighted by Crippen LogP contribution is 2.35. The van der Waals surface area contributed by atoms with Crippen molar-refractivity contribution in [3.63, 3.8) is 0 Å². The SMILES string of the molecule is CSC1CCCC1Nc1cc(Cl)c(Cl)cc1N. The van der Waals surface area contributed by atoms with E-state index in [1.54, 1.807) is 6.07 Å². The fraction of sp³-hybridized carbons (Fsp3) is 0.500. The Hall–Kier alpha value is -0.250. The van der Waals surface area contributed by atoms with Gasteiger partial charge in [0, 0.05) is 11.3 Å². The molecule has 94 valence electrons. The quantitative estimate of drug-likeness (QED) is 0.817. The van der Waals surface area contributed by atoms with E-state index in [-0.39, 0.29) is 0 Å². The van der Waals surface area contributed by atoms with Gasteiger partial charge in [-0.3, -0.25) is 0 Å². The van der Waals surface area contributed by atoms with E-state index in [2.05, 4.69) is 11.6 Å². The first-order valence-electron chi connectivity index (χ1n) is 5.65. The van der Waals surface area contributed by atoms with Gasteiger partial charge < -0.3 is 11.1 Å². The van der Waals surface area contributed by atoms with Gasteiger partial charge in [0.1, 0.15) is 0 Å². The molecule has 5 heteroatoms. The van der Waals surface area contributed by atoms with Gasteiger partial charge in [0.15, 0.2) is 0 Å². The van der Waals surface area contributed by atoms with Gasteiger partial charge in [0.05, 0.1) is 21.4 Å². The summed E-state index contributed by atoms with van der Waals surface area (Å²) >= 11 is 13.8. The molecule has 17 heavy (non-hydrogen) atoms. The number of rotatable bonds is 3. The van der Waals surface area contributed by atoms with Crippen molar-refractivity contribution >= 4 is 46.3 Å². The minimum atomic E-state index is 0.476. The van der Waals surface area contributed by atoms with Crippen molar-refractivity contribution < 1.29 is 0 Å². The zero-order chi connectivity index (χ0) is 12.4. The molecule has 1 aromatic rings. The topological polar surface area (TPSA) is 38.0 Å². The summed E-state index contributed by atoms with van der Waals surface area (Å²) in [6.07, 6.45) is 5.87. The van der Waals surface area contributed by atoms with E-state index >= 15 is 0 Å². The third-order valence-electron chi connectivity index (χ3n) is 3.19. The predicted molar refractivity (Wildman–Crippen MR) is 79.4 cm³/mol. The summed E-state index contributed by atoms with van der Waals surface area (Å²) in [5, 5.41) is 5.19. The molecule has 0 bridgehead atoms. The summed E-state index contributed by atoms with van der Waals surface area (Å²) < 4.78 is 0. The van der Waals surface area contributed by atoms with Crippen LogP contribution in [0.15, 0.2) is 12.1 Å². The molecule has 1 saturated carbocycles. The Labute approximate surface area is 116 Å². The summed E-state index contributed by atoms with van der Waals surface area (Å²) in [5.74, 6) is 0. The Bertz CT molecular complexity index is 412. The normalized spacial score (nSPS) is 23.9. The molecule has 1 aromatic carbocycles. The van der Waals surface area contributed by atoms with E-state index in [9.17, 15) is 0 Å². The number of nitrogens with two attached hydrogens (primary N) is 1. The maximum absolute atomic E-state index is 6.01. The summed E-state index contributed by atoms with van der Waals surface area (Å²) in [5.41, 5.74) is 7.50. The second kappa shape index (κ2) is 5.59. The lowest BCUT2D eigenvalue weighted by molar-refractivity contribution is 0.769. The van der Waals surface area contributed by atoms with Gasteiger partial charge in [-0.15, -0.1) is 0 Å². The van der Waals surface area contributed by atoms with Crippen LogP contribution < -0.4 is 11.1 Å². The van der Waals surface area contributed by atoms with Crippen LogP contribution in [0.2, 0.25) is 10.0 Å². The van der Waals surface area contributed by atoms with Crippen molar-refractivity contribution in [2.75, 3.05) is 17.3 Å². The van der Waals surface area contributed by atoms with Crippen LogP contribution in [0.1, 0.15) is 19.3 Å². The molecular weight excluding hydrogens is 275 g/mol. The van der Waals surface area contributed by atoms with E-state index in [1.807, 2.05) is 17.8 Å². The highest BCUT2D eigenvalue weighted by atomic mass is 35.5. The van der Waals surface area contributed by atoms with Gasteiger partial charge in [-0.2, -0.15) is 11.8 Å². The molecule has 0 radical (unpaired) electrons. The summed E-state index contributed by atoms with van der Waals surface area (Å²) in [4.78, 5) is 0. The van der Waals surface area contributed by atoms with E-state index in [0.29, 0.717) is 27.0 Å². The van der Waals surface area contributed by atoms with Gasteiger partial charge in [0.2, 0.25) is 0 Å². The van der Waals surface area contributed by atoms with Crippen LogP contribution in [0.25, 0.3) is 0 Å². The van der Waals surface area contributed by atoms with Crippen LogP contribution in [0.5, 0.6) is 0 Å². The smallest absolute Gasteiger partial charge is 0.0614 e. The summed E-state index contributed by atoms with van der Waals surface area (Å²) in [6.45, 7) is 0. The molecule has 1 fully saturated rings. The maximum Gasteiger partial charge on any atom is 0.0614 e. The van der Waals surface area contributed by atoms with Gasteiger partial charge in [-0.1, -0.05) is 29.6 Å². The molecule has 0 aliphatic heterocycles. The number of nitrogens with one attached hydrogen (secondary N) is 1. The van der Waals surface area contributed by atoms with E-state index in [0.717, 1.165) is 5.69 Å². The molecule has 0 saturated heterocycles. The first kappa shape index (κ1) is 13.2. The van der Waals surface area contributed by atoms with Gasteiger partial charge >= 0.3 is 0 Å². The average molecular weight is 291 g/mol. The van der Waals surface area contributed by atoms with E-state index in [1.165, 1.54) is 19.3 Å². The van der Waals surface area contributed by atoms with E-state index < -0.39 is 0 Å². The Morgan fingerprint density at radius 1 is 1.29 bits per heavy atom. The van der Waals surface area contributed by atoms with E-state index in [4.69, 9.17) is 28.9 Å². The maximum atomic E-state index is 6.01. The minimum Gasteiger partial charge on any atom is -0.397 e. The number of hydrogen-bond acceptors (Lipinski definition) is 3. The predicted octanol–water partition coefficient (Wildman–Crippen LogP) is 4.27. The lowest BCUT2D eigenvalue weighted by Crippen LogP contribution is -2.26. The van der Waals surface area contributed by atoms with Crippen LogP contribution >= 0.6 is 35.0 Å². The molecule has 0 heterocycles. The largest absolute Gasteiger partial charge is 0.397 e. The van der Waals surface area contributed by atoms with Crippen molar-refractivity contribution in [3.05, 3.63) is 22.2 Å². The molecule has 2 rings (SSSR count). The molecule has 0 aromatic heterocycles. The third-order valence-corrected chi connectivity index (χ3v) is 5.08. The minimum absolute atomic E-state index is 0.476. The second-order valence-corrected chi connectivity index (χ2v) is 6.20. The first-order chi connectivity index (χ1) is 8.11. The zero-order valence-corrected chi connectivity index (χ0v) is 12.0. The molecule has 2 atom stereocenters. The zero-order valence-electron chi connectivity index (χ0n) is 9.67. The fourth-order valence-electron chi connectivity index (χ4n) is 2.26. The highest BCUT2D eigenvalue weighted by molar-refractivity contribution is 7.99. The highest BCUT2D eigenvalue weighted by Gasteiger charge is 2.26. The lowest BCUT2D eigenvalue weighted by Gasteiger charge is -2.21. The van der Waals surface area contributed by atoms with Crippen LogP contribution in [-0.4, -0.2) is 17.5 Å². The molecule has 2 unspecified atom stereocenters. The molecule has 3 N–H and O–H groups in total. The van der Waals surface area contributed by atoms with Gasteiger partial charge in [-0.05, 0) is 31.2 Å². The molecular formula is C12H16Cl2N2S. The Morgan fingerprint density at radius 3 is 2.71 bits per heavy atom. The second-order valence-electron chi connectivity index (χ2n) is 4.31. The van der Waals surface area contributed by atoms with Crippen LogP contribution in [0.3, 0.4) is 0 Å². The number of hydrogen-bond donors (Lipinski definition) is 2. The third kappa shape index (κ3) is 2.95. The molecule has 1 aliphatic carbocycles. The molecule has 1 aliphatic rings. The standard InChI is InChI=1S/C12H16Cl2N2S/c1-17-12-4-2-3-10(12)16-11-6-8(14)7(13)5-9(11)15/h5-6,10,12,16H,2-4,15H2,1H3. The van der Waals surface area contributed by atoms with Crippen molar-refractivity contribution in [2.24, 2.45) is 0 Å². The summed E-state index contributed by atoms with van der Waals surface area (Å²) in [7, 11) is 0. The number of benzene rings is 1. The number of nitrogen functional groups attached to an aromatic ring is 1. The number of halogens is 2. The van der Waals surface area contributed by atoms with Gasteiger partial charge in [0.25, 0.3) is 0 Å². The first-order valence-corrected chi connectivity index (χ1v) is 7.70. The number of anilines is 2. The lowest BCUT2D eigenvalue weighted by atomic mass is 10.2. The number of thioether (sulfide) groups is 1. The van der Waals surface area contributed by atoms with Gasteiger partial charge in [-0.25, -0.2) is 0 Å². The summed E-state index contributed by atoms with van der Waals surface area (Å²) in [6, 6.07) is 3.99. The fourth-order valence-corrected chi connectivity index (χ4v) is 3.53. The average Bonchev–Trinajstić information content (AvgIpc) is 2.73. The Kier molecular flexibility index (Phi) is 4.34. The van der Waals surface area contributed by atoms with Crippen LogP contribution in [-0.2, 0) is 0 Å². The molecule has 2 nitrogen and oxygen atoms in total. The van der Waals surface area contributed by atoms with Crippen molar-refractivity contribution in [1.82, 2.24) is 0 Å².